The molecule has 14 aromatic rings. The first kappa shape index (κ1) is 91.4. The van der Waals surface area contributed by atoms with Crippen molar-refractivity contribution in [2.45, 2.75) is 274 Å². The van der Waals surface area contributed by atoms with E-state index in [4.69, 9.17) is 0 Å². The number of hydrogen-bond donors (Lipinski definition) is 0. The second-order valence-electron chi connectivity index (χ2n) is 47.4. The fourth-order valence-electron chi connectivity index (χ4n) is 18.9. The molecule has 0 saturated heterocycles. The van der Waals surface area contributed by atoms with Crippen LogP contribution < -0.4 is 9.80 Å². The van der Waals surface area contributed by atoms with E-state index in [0.29, 0.717) is 0 Å². The normalized spacial score (nSPS) is 13.9. The van der Waals surface area contributed by atoms with Crippen molar-refractivity contribution in [2.75, 3.05) is 9.80 Å². The maximum absolute atomic E-state index is 2.50. The van der Waals surface area contributed by atoms with Crippen LogP contribution in [0.4, 0.5) is 34.1 Å². The molecule has 0 atom stereocenters. The zero-order valence-electron chi connectivity index (χ0n) is 83.2. The summed E-state index contributed by atoms with van der Waals surface area (Å²) in [5.41, 5.74) is 44.7. The summed E-state index contributed by atoms with van der Waals surface area (Å²) < 4.78 is 0. The van der Waals surface area contributed by atoms with Gasteiger partial charge < -0.3 is 9.80 Å². The van der Waals surface area contributed by atoms with Crippen LogP contribution >= 0.6 is 0 Å². The third-order valence-corrected chi connectivity index (χ3v) is 27.5. The SMILES string of the molecule is CC(C)(C)c1cc(-c2ccc(N(c3ccc4c(c3)C(C)(C)c3ccccc3-4)c3ccccc3-c3cc(C(C)(C)C)cc(C(C)(C)C)c3)cc2)cc(-c2cc(C(C)(C)C)cc(C(C)(C)C)c2)c1.CC(C)(C)c1cc(-c2ccc(N(c3ccc4c(c3)C(C)(C)c3ccccc3-4)c3ccccc3-c3cccc(C(C)(C)C)c3)cc2)cc(-c2cc(C(C)(C)C)cc(C(C)(C)C)c2)c1. The molecule has 0 radical (unpaired) electrons. The number of anilines is 6. The molecule has 0 spiro atoms. The monoisotopic (exact) mass is 1680 g/mol. The molecule has 128 heavy (non-hydrogen) atoms. The first-order chi connectivity index (χ1) is 59.6. The summed E-state index contributed by atoms with van der Waals surface area (Å²) in [5, 5.41) is 0. The van der Waals surface area contributed by atoms with E-state index in [0.717, 1.165) is 34.1 Å². The Morgan fingerprint density at radius 1 is 0.156 bits per heavy atom. The highest BCUT2D eigenvalue weighted by Crippen LogP contribution is 2.55. The summed E-state index contributed by atoms with van der Waals surface area (Å²) in [6.45, 7) is 72.2. The fraction of sp³-hybridized carbons (Fsp3) is 0.333. The van der Waals surface area contributed by atoms with Gasteiger partial charge in [-0.25, -0.2) is 0 Å². The highest BCUT2D eigenvalue weighted by Gasteiger charge is 2.39. The van der Waals surface area contributed by atoms with Crippen LogP contribution in [0.5, 0.6) is 0 Å². The van der Waals surface area contributed by atoms with Gasteiger partial charge in [-0.05, 0) is 272 Å². The summed E-state index contributed by atoms with van der Waals surface area (Å²) in [5.74, 6) is 0. The molecule has 0 heterocycles. The number of hydrogen-bond acceptors (Lipinski definition) is 2. The topological polar surface area (TPSA) is 6.48 Å². The molecule has 656 valence electrons. The van der Waals surface area contributed by atoms with E-state index < -0.39 is 0 Å². The Balaban J connectivity index is 0.000000197. The molecule has 0 bridgehead atoms. The van der Waals surface area contributed by atoms with Gasteiger partial charge in [-0.2, -0.15) is 0 Å². The Morgan fingerprint density at radius 3 is 0.703 bits per heavy atom. The molecule has 2 heteroatoms. The Hall–Kier alpha value is -11.3. The van der Waals surface area contributed by atoms with E-state index in [1.807, 2.05) is 0 Å². The highest BCUT2D eigenvalue weighted by atomic mass is 15.2. The van der Waals surface area contributed by atoms with Gasteiger partial charge in [-0.3, -0.25) is 0 Å². The van der Waals surface area contributed by atoms with Crippen molar-refractivity contribution in [2.24, 2.45) is 0 Å². The van der Waals surface area contributed by atoms with E-state index in [1.54, 1.807) is 0 Å². The average molecular weight is 1680 g/mol. The summed E-state index contributed by atoms with van der Waals surface area (Å²) in [6.07, 6.45) is 0. The number of para-hydroxylation sites is 2. The van der Waals surface area contributed by atoms with E-state index >= 15 is 0 Å². The molecule has 2 nitrogen and oxygen atoms in total. The van der Waals surface area contributed by atoms with Gasteiger partial charge in [0.05, 0.1) is 11.4 Å². The average Bonchev–Trinajstić information content (AvgIpc) is 1.57. The molecule has 0 aromatic heterocycles. The lowest BCUT2D eigenvalue weighted by Gasteiger charge is -2.31. The van der Waals surface area contributed by atoms with E-state index in [9.17, 15) is 0 Å². The van der Waals surface area contributed by atoms with Crippen molar-refractivity contribution in [3.05, 3.63) is 370 Å². The molecule has 0 unspecified atom stereocenters. The van der Waals surface area contributed by atoms with Crippen molar-refractivity contribution in [1.29, 1.82) is 0 Å². The van der Waals surface area contributed by atoms with Crippen molar-refractivity contribution in [3.8, 4) is 89.0 Å². The van der Waals surface area contributed by atoms with Crippen LogP contribution in [-0.4, -0.2) is 0 Å². The molecule has 0 aliphatic heterocycles. The second-order valence-corrected chi connectivity index (χ2v) is 47.4. The van der Waals surface area contributed by atoms with Gasteiger partial charge in [0.2, 0.25) is 0 Å². The van der Waals surface area contributed by atoms with Crippen LogP contribution in [0.25, 0.3) is 89.0 Å². The minimum Gasteiger partial charge on any atom is -0.310 e. The van der Waals surface area contributed by atoms with Gasteiger partial charge in [-0.15, -0.1) is 0 Å². The molecule has 0 fully saturated rings. The lowest BCUT2D eigenvalue weighted by molar-refractivity contribution is 0.568. The van der Waals surface area contributed by atoms with E-state index in [1.165, 1.54) is 161 Å². The predicted molar refractivity (Wildman–Crippen MR) is 558 cm³/mol. The minimum absolute atomic E-state index is 0.00449. The first-order valence-corrected chi connectivity index (χ1v) is 47.0. The maximum Gasteiger partial charge on any atom is 0.0540 e. The summed E-state index contributed by atoms with van der Waals surface area (Å²) in [6, 6.07) is 114. The van der Waals surface area contributed by atoms with Gasteiger partial charge in [0.1, 0.15) is 0 Å². The van der Waals surface area contributed by atoms with Gasteiger partial charge in [-0.1, -0.05) is 439 Å². The van der Waals surface area contributed by atoms with Crippen LogP contribution in [0.1, 0.15) is 287 Å². The molecule has 2 aliphatic rings. The van der Waals surface area contributed by atoms with Crippen LogP contribution in [0.15, 0.2) is 297 Å². The first-order valence-electron chi connectivity index (χ1n) is 47.0. The van der Waals surface area contributed by atoms with Crippen molar-refractivity contribution in [1.82, 2.24) is 0 Å². The molecule has 0 saturated carbocycles. The predicted octanol–water partition coefficient (Wildman–Crippen LogP) is 36.6. The fourth-order valence-corrected chi connectivity index (χ4v) is 18.9. The largest absolute Gasteiger partial charge is 0.310 e. The second kappa shape index (κ2) is 33.0. The Bertz CT molecular complexity index is 6420. The minimum atomic E-state index is -0.130. The lowest BCUT2D eigenvalue weighted by atomic mass is 9.78. The summed E-state index contributed by atoms with van der Waals surface area (Å²) >= 11 is 0. The van der Waals surface area contributed by atoms with Crippen molar-refractivity contribution < 1.29 is 0 Å². The number of benzene rings is 14. The van der Waals surface area contributed by atoms with Gasteiger partial charge in [0, 0.05) is 44.7 Å². The number of nitrogens with zero attached hydrogens (tertiary/aromatic N) is 2. The van der Waals surface area contributed by atoms with E-state index in [2.05, 4.69) is 522 Å². The number of fused-ring (bicyclic) bond motifs is 6. The lowest BCUT2D eigenvalue weighted by Crippen LogP contribution is -2.17. The van der Waals surface area contributed by atoms with Gasteiger partial charge >= 0.3 is 0 Å². The quantitative estimate of drug-likeness (QED) is 0.120. The zero-order chi connectivity index (χ0) is 92.5. The summed E-state index contributed by atoms with van der Waals surface area (Å²) in [7, 11) is 0. The molecular weight excluding hydrogens is 1540 g/mol. The third-order valence-electron chi connectivity index (χ3n) is 27.5. The third kappa shape index (κ3) is 18.5. The standard InChI is InChI=1S/C65H75N.C61H67N/c1-60(2,3)47-33-43(32-44(34-47)45-35-48(61(4,5)6)39-49(36-45)62(7,8)9)42-26-28-52(29-27-42)66(53-30-31-56-55-23-18-20-24-57(55)65(16,17)58(56)41-53)59-25-21-19-22-54(59)46-37-50(63(10,11)12)40-51(38-46)64(13,14)15;1-57(2,3)45-21-19-20-41(33-45)51-22-16-18-25-56(51)62(50-30-31-53-52-23-15-17-24-54(52)61(13,14)55(53)39-50)49-28-26-40(27-29-49)42-32-43(35-46(34-42)58(4,5)6)44-36-47(59(7,8)9)38-48(37-44)60(10,11)12/h18-41H,1-17H3;15-39H,1-14H3. The van der Waals surface area contributed by atoms with Gasteiger partial charge in [0.25, 0.3) is 0 Å². The molecule has 2 aliphatic carbocycles. The van der Waals surface area contributed by atoms with Crippen LogP contribution in [-0.2, 0) is 59.6 Å². The van der Waals surface area contributed by atoms with Crippen molar-refractivity contribution >= 4 is 34.1 Å². The molecule has 16 rings (SSSR count). The Labute approximate surface area is 771 Å². The van der Waals surface area contributed by atoms with Gasteiger partial charge in [0.15, 0.2) is 0 Å². The summed E-state index contributed by atoms with van der Waals surface area (Å²) in [4.78, 5) is 4.98. The van der Waals surface area contributed by atoms with Crippen LogP contribution in [0, 0.1) is 0 Å². The van der Waals surface area contributed by atoms with Crippen molar-refractivity contribution in [3.63, 3.8) is 0 Å². The van der Waals surface area contributed by atoms with E-state index in [-0.39, 0.29) is 59.6 Å². The smallest absolute Gasteiger partial charge is 0.0540 e. The molecular formula is C126H142N2. The maximum atomic E-state index is 2.50. The molecule has 0 N–H and O–H groups in total. The molecule has 0 amide bonds. The Kier molecular flexibility index (Phi) is 23.6. The van der Waals surface area contributed by atoms with Crippen LogP contribution in [0.2, 0.25) is 0 Å². The highest BCUT2D eigenvalue weighted by molar-refractivity contribution is 5.94. The number of rotatable bonds is 12. The Morgan fingerprint density at radius 2 is 0.391 bits per heavy atom. The molecule has 14 aromatic carbocycles. The zero-order valence-corrected chi connectivity index (χ0v) is 83.2. The van der Waals surface area contributed by atoms with Crippen LogP contribution in [0.3, 0.4) is 0 Å².